The normalized spacial score (nSPS) is 16.9. The molecule has 2 N–H and O–H groups in total. The van der Waals surface area contributed by atoms with Crippen LogP contribution in [-0.2, 0) is 14.8 Å². The van der Waals surface area contributed by atoms with E-state index in [-0.39, 0.29) is 16.8 Å². The van der Waals surface area contributed by atoms with Gasteiger partial charge in [0.2, 0.25) is 15.9 Å². The fourth-order valence-corrected chi connectivity index (χ4v) is 5.62. The molecule has 1 amide bonds. The van der Waals surface area contributed by atoms with Crippen LogP contribution in [0.2, 0.25) is 0 Å². The van der Waals surface area contributed by atoms with Crippen LogP contribution in [0.1, 0.15) is 31.9 Å². The molecule has 11 heteroatoms. The SMILES string of the molecule is CCCCC(C(=O)Nc1cc(C)on1)N1CCN(S(=O)(=O)c2c[nH]c3ncccc23)CC1. The number of amides is 1. The molecule has 0 spiro atoms. The Labute approximate surface area is 187 Å². The molecule has 1 aliphatic rings. The number of anilines is 1. The Kier molecular flexibility index (Phi) is 6.58. The highest BCUT2D eigenvalue weighted by atomic mass is 32.2. The summed E-state index contributed by atoms with van der Waals surface area (Å²) in [6.07, 6.45) is 5.68. The van der Waals surface area contributed by atoms with Crippen LogP contribution in [0.25, 0.3) is 11.0 Å². The lowest BCUT2D eigenvalue weighted by molar-refractivity contribution is -0.122. The third kappa shape index (κ3) is 4.54. The second kappa shape index (κ2) is 9.39. The summed E-state index contributed by atoms with van der Waals surface area (Å²) in [5, 5.41) is 7.25. The van der Waals surface area contributed by atoms with Crippen molar-refractivity contribution in [2.24, 2.45) is 0 Å². The molecule has 1 unspecified atom stereocenters. The second-order valence-electron chi connectivity index (χ2n) is 7.96. The Hall–Kier alpha value is -2.76. The lowest BCUT2D eigenvalue weighted by Gasteiger charge is -2.37. The quantitative estimate of drug-likeness (QED) is 0.529. The van der Waals surface area contributed by atoms with E-state index >= 15 is 0 Å². The van der Waals surface area contributed by atoms with Crippen molar-refractivity contribution in [3.8, 4) is 0 Å². The molecule has 3 aromatic rings. The number of pyridine rings is 1. The van der Waals surface area contributed by atoms with Crippen molar-refractivity contribution >= 4 is 32.8 Å². The van der Waals surface area contributed by atoms with Gasteiger partial charge in [0.15, 0.2) is 5.82 Å². The van der Waals surface area contributed by atoms with E-state index in [0.717, 1.165) is 12.8 Å². The number of unbranched alkanes of at least 4 members (excludes halogenated alkanes) is 1. The minimum absolute atomic E-state index is 0.147. The predicted molar refractivity (Wildman–Crippen MR) is 120 cm³/mol. The second-order valence-corrected chi connectivity index (χ2v) is 9.87. The first-order valence-corrected chi connectivity index (χ1v) is 12.2. The van der Waals surface area contributed by atoms with Crippen LogP contribution >= 0.6 is 0 Å². The smallest absolute Gasteiger partial charge is 0.245 e. The minimum atomic E-state index is -3.66. The summed E-state index contributed by atoms with van der Waals surface area (Å²) in [5.74, 6) is 0.866. The molecule has 4 heterocycles. The van der Waals surface area contributed by atoms with Crippen LogP contribution in [0.5, 0.6) is 0 Å². The molecule has 32 heavy (non-hydrogen) atoms. The monoisotopic (exact) mass is 460 g/mol. The average molecular weight is 461 g/mol. The molecule has 0 saturated carbocycles. The number of carbonyl (C=O) groups is 1. The Bertz CT molecular complexity index is 1180. The summed E-state index contributed by atoms with van der Waals surface area (Å²) >= 11 is 0. The number of fused-ring (bicyclic) bond motifs is 1. The number of H-pyrrole nitrogens is 1. The molecule has 1 aliphatic heterocycles. The lowest BCUT2D eigenvalue weighted by Crippen LogP contribution is -2.54. The van der Waals surface area contributed by atoms with Crippen LogP contribution in [0.4, 0.5) is 5.82 Å². The summed E-state index contributed by atoms with van der Waals surface area (Å²) in [4.78, 5) is 22.4. The van der Waals surface area contributed by atoms with Crippen molar-refractivity contribution in [3.63, 3.8) is 0 Å². The third-order valence-corrected chi connectivity index (χ3v) is 7.70. The lowest BCUT2D eigenvalue weighted by atomic mass is 10.1. The van der Waals surface area contributed by atoms with Gasteiger partial charge < -0.3 is 14.8 Å². The number of aromatic amines is 1. The van der Waals surface area contributed by atoms with Crippen molar-refractivity contribution in [1.29, 1.82) is 0 Å². The van der Waals surface area contributed by atoms with Gasteiger partial charge in [-0.2, -0.15) is 4.31 Å². The number of aryl methyl sites for hydroxylation is 1. The molecule has 172 valence electrons. The molecule has 0 aromatic carbocycles. The number of piperazine rings is 1. The predicted octanol–water partition coefficient (Wildman–Crippen LogP) is 2.36. The molecule has 10 nitrogen and oxygen atoms in total. The molecular formula is C21H28N6O4S. The van der Waals surface area contributed by atoms with E-state index in [1.54, 1.807) is 31.3 Å². The van der Waals surface area contributed by atoms with E-state index in [9.17, 15) is 13.2 Å². The summed E-state index contributed by atoms with van der Waals surface area (Å²) in [6, 6.07) is 4.79. The van der Waals surface area contributed by atoms with Crippen molar-refractivity contribution in [2.45, 2.75) is 44.0 Å². The molecule has 1 fully saturated rings. The number of hydrogen-bond donors (Lipinski definition) is 2. The Morgan fingerprint density at radius 2 is 2.09 bits per heavy atom. The number of aromatic nitrogens is 3. The van der Waals surface area contributed by atoms with E-state index < -0.39 is 10.0 Å². The number of hydrogen-bond acceptors (Lipinski definition) is 7. The van der Waals surface area contributed by atoms with Crippen molar-refractivity contribution in [2.75, 3.05) is 31.5 Å². The van der Waals surface area contributed by atoms with E-state index in [1.165, 1.54) is 10.5 Å². The van der Waals surface area contributed by atoms with Gasteiger partial charge in [0, 0.05) is 50.0 Å². The van der Waals surface area contributed by atoms with Crippen molar-refractivity contribution in [3.05, 3.63) is 36.4 Å². The molecule has 4 rings (SSSR count). The zero-order chi connectivity index (χ0) is 22.7. The highest BCUT2D eigenvalue weighted by molar-refractivity contribution is 7.89. The number of carbonyl (C=O) groups excluding carboxylic acids is 1. The average Bonchev–Trinajstić information content (AvgIpc) is 3.40. The van der Waals surface area contributed by atoms with Gasteiger partial charge in [0.25, 0.3) is 0 Å². The third-order valence-electron chi connectivity index (χ3n) is 5.76. The first kappa shape index (κ1) is 22.4. The van der Waals surface area contributed by atoms with E-state index in [0.29, 0.717) is 55.2 Å². The molecule has 1 atom stereocenters. The topological polar surface area (TPSA) is 124 Å². The first-order valence-electron chi connectivity index (χ1n) is 10.8. The van der Waals surface area contributed by atoms with Crippen LogP contribution in [0.15, 0.2) is 40.0 Å². The van der Waals surface area contributed by atoms with Gasteiger partial charge in [-0.25, -0.2) is 13.4 Å². The van der Waals surface area contributed by atoms with Gasteiger partial charge in [-0.05, 0) is 25.5 Å². The van der Waals surface area contributed by atoms with E-state index in [4.69, 9.17) is 4.52 Å². The number of rotatable bonds is 8. The molecule has 0 aliphatic carbocycles. The molecule has 3 aromatic heterocycles. The van der Waals surface area contributed by atoms with Crippen molar-refractivity contribution < 1.29 is 17.7 Å². The van der Waals surface area contributed by atoms with Gasteiger partial charge in [-0.1, -0.05) is 24.9 Å². The summed E-state index contributed by atoms with van der Waals surface area (Å²) < 4.78 is 33.0. The van der Waals surface area contributed by atoms with Gasteiger partial charge in [0.05, 0.1) is 6.04 Å². The van der Waals surface area contributed by atoms with Crippen molar-refractivity contribution in [1.82, 2.24) is 24.3 Å². The fraction of sp³-hybridized carbons (Fsp3) is 0.476. The summed E-state index contributed by atoms with van der Waals surface area (Å²) in [6.45, 7) is 5.42. The maximum Gasteiger partial charge on any atom is 0.245 e. The minimum Gasteiger partial charge on any atom is -0.360 e. The van der Waals surface area contributed by atoms with Crippen LogP contribution in [0.3, 0.4) is 0 Å². The maximum atomic E-state index is 13.2. The Balaban J connectivity index is 1.45. The van der Waals surface area contributed by atoms with Gasteiger partial charge in [-0.3, -0.25) is 9.69 Å². The molecular weight excluding hydrogens is 432 g/mol. The Morgan fingerprint density at radius 1 is 1.31 bits per heavy atom. The van der Waals surface area contributed by atoms with E-state index in [2.05, 4.69) is 32.3 Å². The molecule has 0 bridgehead atoms. The van der Waals surface area contributed by atoms with E-state index in [1.807, 2.05) is 0 Å². The largest absolute Gasteiger partial charge is 0.360 e. The summed E-state index contributed by atoms with van der Waals surface area (Å²) in [5.41, 5.74) is 0.545. The highest BCUT2D eigenvalue weighted by Crippen LogP contribution is 2.26. The van der Waals surface area contributed by atoms with Crippen LogP contribution < -0.4 is 5.32 Å². The number of sulfonamides is 1. The van der Waals surface area contributed by atoms with Gasteiger partial charge >= 0.3 is 0 Å². The Morgan fingerprint density at radius 3 is 2.78 bits per heavy atom. The van der Waals surface area contributed by atoms with Gasteiger partial charge in [-0.15, -0.1) is 0 Å². The van der Waals surface area contributed by atoms with Gasteiger partial charge in [0.1, 0.15) is 16.3 Å². The standard InChI is InChI=1S/C21H28N6O4S/c1-3-4-7-17(21(28)24-19-13-15(2)31-25-19)26-9-11-27(12-10-26)32(29,30)18-14-23-20-16(18)6-5-8-22-20/h5-6,8,13-14,17H,3-4,7,9-12H2,1-2H3,(H,22,23)(H,24,25,28). The maximum absolute atomic E-state index is 13.2. The number of nitrogens with one attached hydrogen (secondary N) is 2. The highest BCUT2D eigenvalue weighted by Gasteiger charge is 2.34. The number of nitrogens with zero attached hydrogens (tertiary/aromatic N) is 4. The van der Waals surface area contributed by atoms with Crippen LogP contribution in [-0.4, -0.2) is 70.9 Å². The first-order chi connectivity index (χ1) is 15.4. The zero-order valence-corrected chi connectivity index (χ0v) is 19.1. The van der Waals surface area contributed by atoms with Crippen LogP contribution in [0, 0.1) is 6.92 Å². The fourth-order valence-electron chi connectivity index (χ4n) is 4.05. The zero-order valence-electron chi connectivity index (χ0n) is 18.2. The summed E-state index contributed by atoms with van der Waals surface area (Å²) in [7, 11) is -3.66. The molecule has 0 radical (unpaired) electrons. The molecule has 1 saturated heterocycles.